The van der Waals surface area contributed by atoms with Crippen molar-refractivity contribution >= 4 is 43.4 Å². The zero-order chi connectivity index (χ0) is 11.7. The van der Waals surface area contributed by atoms with Crippen LogP contribution in [0.5, 0.6) is 0 Å². The smallest absolute Gasteiger partial charge is 0.0454 e. The van der Waals surface area contributed by atoms with Gasteiger partial charge in [-0.15, -0.1) is 34.0 Å². The van der Waals surface area contributed by atoms with Crippen molar-refractivity contribution in [1.82, 2.24) is 0 Å². The minimum atomic E-state index is 0.182. The van der Waals surface area contributed by atoms with Crippen LogP contribution in [0.15, 0.2) is 35.0 Å². The largest absolute Gasteiger partial charge is 0.323 e. The molecule has 1 nitrogen and oxygen atoms in total. The minimum absolute atomic E-state index is 0.182. The molecule has 2 N–H and O–H groups in total. The van der Waals surface area contributed by atoms with Crippen LogP contribution in [0.1, 0.15) is 22.2 Å². The summed E-state index contributed by atoms with van der Waals surface area (Å²) in [6.45, 7) is 0. The van der Waals surface area contributed by atoms with Crippen molar-refractivity contribution in [3.63, 3.8) is 0 Å². The van der Waals surface area contributed by atoms with E-state index in [9.17, 15) is 0 Å². The predicted molar refractivity (Wildman–Crippen MR) is 79.3 cm³/mol. The lowest BCUT2D eigenvalue weighted by molar-refractivity contribution is 0.667. The Morgan fingerprint density at radius 1 is 1.12 bits per heavy atom. The molecule has 1 unspecified atom stereocenters. The number of aryl methyl sites for hydroxylation is 1. The van der Waals surface area contributed by atoms with Crippen molar-refractivity contribution in [1.29, 1.82) is 0 Å². The summed E-state index contributed by atoms with van der Waals surface area (Å²) in [5.74, 6) is 0. The summed E-state index contributed by atoms with van der Waals surface area (Å²) in [6, 6.07) is 8.91. The van der Waals surface area contributed by atoms with Crippen molar-refractivity contribution in [2.75, 3.05) is 0 Å². The highest BCUT2D eigenvalue weighted by Crippen LogP contribution is 2.34. The van der Waals surface area contributed by atoms with E-state index in [1.807, 2.05) is 22.7 Å². The van der Waals surface area contributed by atoms with Gasteiger partial charge < -0.3 is 5.73 Å². The number of thiophene rings is 3. The summed E-state index contributed by atoms with van der Waals surface area (Å²) >= 11 is 5.45. The summed E-state index contributed by atoms with van der Waals surface area (Å²) in [4.78, 5) is 2.75. The van der Waals surface area contributed by atoms with Gasteiger partial charge in [-0.1, -0.05) is 6.07 Å². The van der Waals surface area contributed by atoms with Gasteiger partial charge in [0.1, 0.15) is 0 Å². The fourth-order valence-electron chi connectivity index (χ4n) is 1.86. The zero-order valence-corrected chi connectivity index (χ0v) is 11.7. The van der Waals surface area contributed by atoms with E-state index < -0.39 is 0 Å². The van der Waals surface area contributed by atoms with Gasteiger partial charge >= 0.3 is 0 Å². The Hall–Kier alpha value is -0.680. The maximum atomic E-state index is 6.25. The molecule has 0 amide bonds. The molecule has 17 heavy (non-hydrogen) atoms. The first kappa shape index (κ1) is 11.4. The van der Waals surface area contributed by atoms with Gasteiger partial charge in [0.2, 0.25) is 0 Å². The molecule has 0 radical (unpaired) electrons. The Kier molecular flexibility index (Phi) is 3.29. The molecular formula is C13H13NS3. The molecule has 0 saturated carbocycles. The molecule has 88 valence electrons. The molecule has 0 saturated heterocycles. The lowest BCUT2D eigenvalue weighted by Crippen LogP contribution is -2.09. The van der Waals surface area contributed by atoms with Gasteiger partial charge in [-0.05, 0) is 41.8 Å². The van der Waals surface area contributed by atoms with E-state index in [4.69, 9.17) is 5.73 Å². The Morgan fingerprint density at radius 3 is 2.82 bits per heavy atom. The van der Waals surface area contributed by atoms with Crippen molar-refractivity contribution in [2.45, 2.75) is 18.9 Å². The maximum absolute atomic E-state index is 6.25. The first-order chi connectivity index (χ1) is 8.33. The molecular weight excluding hydrogens is 266 g/mol. The SMILES string of the molecule is NC(CCc1cccs1)c1cc2sccc2s1. The van der Waals surface area contributed by atoms with Gasteiger partial charge in [-0.2, -0.15) is 0 Å². The molecule has 1 atom stereocenters. The third-order valence-electron chi connectivity index (χ3n) is 2.81. The Labute approximate surface area is 113 Å². The van der Waals surface area contributed by atoms with E-state index in [2.05, 4.69) is 35.0 Å². The maximum Gasteiger partial charge on any atom is 0.0454 e. The second kappa shape index (κ2) is 4.90. The summed E-state index contributed by atoms with van der Waals surface area (Å²) in [7, 11) is 0. The third-order valence-corrected chi connectivity index (χ3v) is 5.97. The Balaban J connectivity index is 1.69. The van der Waals surface area contributed by atoms with Crippen LogP contribution in [0.25, 0.3) is 9.40 Å². The molecule has 0 aliphatic carbocycles. The highest BCUT2D eigenvalue weighted by Gasteiger charge is 2.11. The molecule has 0 fully saturated rings. The van der Waals surface area contributed by atoms with Gasteiger partial charge in [0, 0.05) is 25.2 Å². The fourth-order valence-corrected chi connectivity index (χ4v) is 4.74. The molecule has 4 heteroatoms. The zero-order valence-electron chi connectivity index (χ0n) is 9.26. The quantitative estimate of drug-likeness (QED) is 0.738. The number of hydrogen-bond acceptors (Lipinski definition) is 4. The normalized spacial score (nSPS) is 13.2. The van der Waals surface area contributed by atoms with Gasteiger partial charge in [0.15, 0.2) is 0 Å². The standard InChI is InChI=1S/C13H13NS3/c14-10(4-3-9-2-1-6-15-9)12-8-13-11(17-12)5-7-16-13/h1-2,5-8,10H,3-4,14H2. The molecule has 3 rings (SSSR count). The van der Waals surface area contributed by atoms with Crippen LogP contribution in [0.3, 0.4) is 0 Å². The van der Waals surface area contributed by atoms with Gasteiger partial charge in [-0.3, -0.25) is 0 Å². The van der Waals surface area contributed by atoms with Crippen LogP contribution in [0.2, 0.25) is 0 Å². The monoisotopic (exact) mass is 279 g/mol. The first-order valence-electron chi connectivity index (χ1n) is 5.58. The van der Waals surface area contributed by atoms with E-state index >= 15 is 0 Å². The van der Waals surface area contributed by atoms with Gasteiger partial charge in [-0.25, -0.2) is 0 Å². The highest BCUT2D eigenvalue weighted by molar-refractivity contribution is 7.26. The lowest BCUT2D eigenvalue weighted by atomic mass is 10.1. The van der Waals surface area contributed by atoms with Crippen LogP contribution in [0, 0.1) is 0 Å². The second-order valence-electron chi connectivity index (χ2n) is 4.02. The predicted octanol–water partition coefficient (Wildman–Crippen LogP) is 4.66. The van der Waals surface area contributed by atoms with Crippen LogP contribution in [-0.2, 0) is 6.42 Å². The van der Waals surface area contributed by atoms with Crippen LogP contribution < -0.4 is 5.73 Å². The molecule has 0 aromatic carbocycles. The second-order valence-corrected chi connectivity index (χ2v) is 7.12. The number of nitrogens with two attached hydrogens (primary N) is 1. The molecule has 3 heterocycles. The van der Waals surface area contributed by atoms with Gasteiger partial charge in [0.25, 0.3) is 0 Å². The van der Waals surface area contributed by atoms with Crippen LogP contribution in [0.4, 0.5) is 0 Å². The van der Waals surface area contributed by atoms with E-state index in [0.29, 0.717) is 0 Å². The van der Waals surface area contributed by atoms with E-state index in [1.54, 1.807) is 11.3 Å². The third kappa shape index (κ3) is 2.45. The average Bonchev–Trinajstić information content (AvgIpc) is 3.01. The molecule has 0 bridgehead atoms. The van der Waals surface area contributed by atoms with Crippen molar-refractivity contribution < 1.29 is 0 Å². The topological polar surface area (TPSA) is 26.0 Å². The summed E-state index contributed by atoms with van der Waals surface area (Å²) < 4.78 is 2.74. The lowest BCUT2D eigenvalue weighted by Gasteiger charge is -2.07. The van der Waals surface area contributed by atoms with E-state index in [-0.39, 0.29) is 6.04 Å². The molecule has 0 aliphatic heterocycles. The summed E-state index contributed by atoms with van der Waals surface area (Å²) in [6.07, 6.45) is 2.12. The number of rotatable bonds is 4. The van der Waals surface area contributed by atoms with Gasteiger partial charge in [0.05, 0.1) is 0 Å². The molecule has 0 spiro atoms. The average molecular weight is 279 g/mol. The molecule has 0 aliphatic rings. The Bertz CT molecular complexity index is 563. The van der Waals surface area contributed by atoms with Crippen molar-refractivity contribution in [3.05, 3.63) is 44.8 Å². The fraction of sp³-hybridized carbons (Fsp3) is 0.231. The number of hydrogen-bond donors (Lipinski definition) is 1. The highest BCUT2D eigenvalue weighted by atomic mass is 32.1. The summed E-state index contributed by atoms with van der Waals surface area (Å²) in [5.41, 5.74) is 6.25. The Morgan fingerprint density at radius 2 is 2.06 bits per heavy atom. The van der Waals surface area contributed by atoms with E-state index in [0.717, 1.165) is 12.8 Å². The number of fused-ring (bicyclic) bond motifs is 1. The molecule has 3 aromatic rings. The van der Waals surface area contributed by atoms with Crippen LogP contribution in [-0.4, -0.2) is 0 Å². The first-order valence-corrected chi connectivity index (χ1v) is 8.15. The summed E-state index contributed by atoms with van der Waals surface area (Å²) in [5, 5.41) is 4.27. The molecule has 3 aromatic heterocycles. The van der Waals surface area contributed by atoms with Crippen molar-refractivity contribution in [3.8, 4) is 0 Å². The van der Waals surface area contributed by atoms with E-state index in [1.165, 1.54) is 19.2 Å². The van der Waals surface area contributed by atoms with Crippen LogP contribution >= 0.6 is 34.0 Å². The minimum Gasteiger partial charge on any atom is -0.323 e. The van der Waals surface area contributed by atoms with Crippen molar-refractivity contribution in [2.24, 2.45) is 5.73 Å².